The highest BCUT2D eigenvalue weighted by Gasteiger charge is 2.22. The maximum absolute atomic E-state index is 13.1. The summed E-state index contributed by atoms with van der Waals surface area (Å²) in [6.07, 6.45) is 5.44. The monoisotopic (exact) mass is 481 g/mol. The van der Waals surface area contributed by atoms with Crippen molar-refractivity contribution in [1.82, 2.24) is 9.55 Å². The second kappa shape index (κ2) is 8.13. The van der Waals surface area contributed by atoms with E-state index in [-0.39, 0.29) is 16.2 Å². The molecule has 0 atom stereocenters. The van der Waals surface area contributed by atoms with Crippen molar-refractivity contribution in [2.75, 3.05) is 5.75 Å². The summed E-state index contributed by atoms with van der Waals surface area (Å²) in [6, 6.07) is 11.0. The van der Waals surface area contributed by atoms with Gasteiger partial charge < -0.3 is 0 Å². The van der Waals surface area contributed by atoms with Gasteiger partial charge >= 0.3 is 0 Å². The van der Waals surface area contributed by atoms with E-state index >= 15 is 0 Å². The lowest BCUT2D eigenvalue weighted by Gasteiger charge is -2.09. The van der Waals surface area contributed by atoms with E-state index in [1.807, 2.05) is 24.4 Å². The highest BCUT2D eigenvalue weighted by Crippen LogP contribution is 2.28. The minimum atomic E-state index is -3.89. The van der Waals surface area contributed by atoms with Crippen LogP contribution in [-0.4, -0.2) is 35.7 Å². The number of aliphatic imine (C=N–C) groups is 1. The first-order valence-electron chi connectivity index (χ1n) is 9.96. The van der Waals surface area contributed by atoms with Crippen LogP contribution in [0.15, 0.2) is 68.9 Å². The Morgan fingerprint density at radius 3 is 2.73 bits per heavy atom. The quantitative estimate of drug-likeness (QED) is 0.420. The van der Waals surface area contributed by atoms with Gasteiger partial charge in [0.1, 0.15) is 15.8 Å². The lowest BCUT2D eigenvalue weighted by molar-refractivity contribution is -0.116. The summed E-state index contributed by atoms with van der Waals surface area (Å²) in [6.45, 7) is 0. The van der Waals surface area contributed by atoms with E-state index in [1.165, 1.54) is 10.8 Å². The van der Waals surface area contributed by atoms with Crippen LogP contribution in [0.2, 0.25) is 0 Å². The number of carbonyl (C=O) groups is 1. The van der Waals surface area contributed by atoms with E-state index in [9.17, 15) is 22.4 Å². The first-order chi connectivity index (χ1) is 15.8. The molecule has 0 radical (unpaired) electrons. The number of fused-ring (bicyclic) bond motifs is 2. The van der Waals surface area contributed by atoms with Gasteiger partial charge in [-0.25, -0.2) is 13.4 Å². The van der Waals surface area contributed by atoms with Crippen molar-refractivity contribution in [3.63, 3.8) is 0 Å². The number of ketones is 1. The van der Waals surface area contributed by atoms with Gasteiger partial charge in [-0.15, -0.1) is 0 Å². The predicted octanol–water partition coefficient (Wildman–Crippen LogP) is 3.43. The molecule has 0 amide bonds. The summed E-state index contributed by atoms with van der Waals surface area (Å²) < 4.78 is 38.9. The third-order valence-electron chi connectivity index (χ3n) is 5.31. The largest absolute Gasteiger partial charge is 0.298 e. The van der Waals surface area contributed by atoms with E-state index in [4.69, 9.17) is 0 Å². The van der Waals surface area contributed by atoms with Gasteiger partial charge in [-0.3, -0.25) is 19.1 Å². The molecule has 0 saturated carbocycles. The Morgan fingerprint density at radius 1 is 1.15 bits per heavy atom. The van der Waals surface area contributed by atoms with E-state index < -0.39 is 26.5 Å². The molecule has 7 nitrogen and oxygen atoms in total. The molecule has 0 spiro atoms. The van der Waals surface area contributed by atoms with Crippen LogP contribution < -0.4 is 5.56 Å². The number of sulfone groups is 1. The van der Waals surface area contributed by atoms with Gasteiger partial charge in [0.05, 0.1) is 5.69 Å². The zero-order valence-electron chi connectivity index (χ0n) is 17.1. The number of pyridine rings is 2. The molecule has 1 aliphatic heterocycles. The standard InChI is InChI=1S/C23H16FN3O4S2/c24-20-2-4-22(32-20)33(30,31)13-17(28)9-14-1-3-21(26-12-14)27-8-6-15-11-19-16(5-7-25-19)10-18(15)23(27)29/h1-4,6-8,10-12H,5,9,13H2. The van der Waals surface area contributed by atoms with Crippen molar-refractivity contribution in [3.05, 3.63) is 81.5 Å². The summed E-state index contributed by atoms with van der Waals surface area (Å²) in [5.41, 5.74) is 2.17. The van der Waals surface area contributed by atoms with Gasteiger partial charge in [0.15, 0.2) is 20.8 Å². The third-order valence-corrected chi connectivity index (χ3v) is 8.44. The molecule has 0 saturated heterocycles. The van der Waals surface area contributed by atoms with Crippen LogP contribution in [-0.2, 0) is 27.5 Å². The second-order valence-electron chi connectivity index (χ2n) is 7.63. The number of halogens is 1. The normalized spacial score (nSPS) is 12.9. The lowest BCUT2D eigenvalue weighted by Crippen LogP contribution is -2.19. The zero-order chi connectivity index (χ0) is 23.2. The van der Waals surface area contributed by atoms with Crippen LogP contribution in [0.25, 0.3) is 16.6 Å². The van der Waals surface area contributed by atoms with Gasteiger partial charge in [0.25, 0.3) is 5.56 Å². The summed E-state index contributed by atoms with van der Waals surface area (Å²) >= 11 is 0.492. The smallest absolute Gasteiger partial charge is 0.264 e. The Bertz CT molecular complexity index is 1600. The molecule has 5 rings (SSSR count). The number of thiophene rings is 1. The van der Waals surface area contributed by atoms with Crippen molar-refractivity contribution < 1.29 is 17.6 Å². The fourth-order valence-electron chi connectivity index (χ4n) is 3.72. The summed E-state index contributed by atoms with van der Waals surface area (Å²) in [7, 11) is -3.89. The topological polar surface area (TPSA) is 98.5 Å². The molecule has 166 valence electrons. The van der Waals surface area contributed by atoms with Gasteiger partial charge in [-0.05, 0) is 52.9 Å². The van der Waals surface area contributed by atoms with Crippen LogP contribution in [0.5, 0.6) is 0 Å². The van der Waals surface area contributed by atoms with Crippen LogP contribution in [0.1, 0.15) is 11.1 Å². The zero-order valence-corrected chi connectivity index (χ0v) is 18.7. The summed E-state index contributed by atoms with van der Waals surface area (Å²) in [5.74, 6) is -0.860. The predicted molar refractivity (Wildman–Crippen MR) is 124 cm³/mol. The van der Waals surface area contributed by atoms with Crippen molar-refractivity contribution in [2.24, 2.45) is 4.99 Å². The highest BCUT2D eigenvalue weighted by atomic mass is 32.2. The first-order valence-corrected chi connectivity index (χ1v) is 12.4. The molecule has 1 aromatic carbocycles. The van der Waals surface area contributed by atoms with Crippen LogP contribution in [0, 0.1) is 5.13 Å². The average Bonchev–Trinajstić information content (AvgIpc) is 3.42. The molecule has 0 bridgehead atoms. The minimum Gasteiger partial charge on any atom is -0.298 e. The van der Waals surface area contributed by atoms with Crippen molar-refractivity contribution in [1.29, 1.82) is 0 Å². The maximum Gasteiger partial charge on any atom is 0.264 e. The number of benzene rings is 1. The van der Waals surface area contributed by atoms with Gasteiger partial charge in [0, 0.05) is 36.8 Å². The highest BCUT2D eigenvalue weighted by molar-refractivity contribution is 7.94. The van der Waals surface area contributed by atoms with Crippen molar-refractivity contribution in [3.8, 4) is 5.82 Å². The Hall–Kier alpha value is -3.50. The number of nitrogens with zero attached hydrogens (tertiary/aromatic N) is 3. The number of rotatable bonds is 6. The SMILES string of the molecule is O=C(Cc1ccc(-n2ccc3cc4c(cc3c2=O)CC=N4)nc1)CS(=O)(=O)c1ccc(F)s1. The number of hydrogen-bond acceptors (Lipinski definition) is 7. The molecule has 4 heterocycles. The molecule has 0 aliphatic carbocycles. The Kier molecular flexibility index (Phi) is 5.26. The van der Waals surface area contributed by atoms with E-state index in [2.05, 4.69) is 9.98 Å². The fraction of sp³-hybridized carbons (Fsp3) is 0.130. The van der Waals surface area contributed by atoms with Gasteiger partial charge in [-0.1, -0.05) is 17.4 Å². The van der Waals surface area contributed by atoms with Gasteiger partial charge in [-0.2, -0.15) is 4.39 Å². The second-order valence-corrected chi connectivity index (χ2v) is 10.9. The lowest BCUT2D eigenvalue weighted by atomic mass is 10.1. The Morgan fingerprint density at radius 2 is 2.00 bits per heavy atom. The number of carbonyl (C=O) groups excluding carboxylic acids is 1. The van der Waals surface area contributed by atoms with Crippen LogP contribution in [0.4, 0.5) is 10.1 Å². The van der Waals surface area contributed by atoms with E-state index in [1.54, 1.807) is 18.3 Å². The molecule has 10 heteroatoms. The Labute approximate surface area is 191 Å². The number of aromatic nitrogens is 2. The average molecular weight is 482 g/mol. The maximum atomic E-state index is 13.1. The van der Waals surface area contributed by atoms with E-state index in [0.29, 0.717) is 34.5 Å². The van der Waals surface area contributed by atoms with Crippen molar-refractivity contribution >= 4 is 49.6 Å². The Balaban J connectivity index is 1.35. The van der Waals surface area contributed by atoms with Crippen molar-refractivity contribution in [2.45, 2.75) is 17.1 Å². The molecule has 33 heavy (non-hydrogen) atoms. The molecule has 0 unspecified atom stereocenters. The van der Waals surface area contributed by atoms with Crippen LogP contribution in [0.3, 0.4) is 0 Å². The first kappa shape index (κ1) is 21.4. The molecule has 0 fully saturated rings. The summed E-state index contributed by atoms with van der Waals surface area (Å²) in [5, 5.41) is 0.739. The molecular weight excluding hydrogens is 465 g/mol. The minimum absolute atomic E-state index is 0.140. The molecule has 0 N–H and O–H groups in total. The number of hydrogen-bond donors (Lipinski definition) is 0. The van der Waals surface area contributed by atoms with Crippen LogP contribution >= 0.6 is 11.3 Å². The molecular formula is C23H16FN3O4S2. The molecule has 1 aliphatic rings. The number of Topliss-reactive ketones (excluding diaryl/α,β-unsaturated/α-hetero) is 1. The van der Waals surface area contributed by atoms with E-state index in [0.717, 1.165) is 28.8 Å². The third kappa shape index (κ3) is 4.14. The van der Waals surface area contributed by atoms with Gasteiger partial charge in [0.2, 0.25) is 0 Å². The fourth-order valence-corrected chi connectivity index (χ4v) is 6.05. The molecule has 4 aromatic rings. The molecule has 3 aromatic heterocycles. The summed E-state index contributed by atoms with van der Waals surface area (Å²) in [4.78, 5) is 33.9.